The average molecular weight is 338 g/mol. The number of alkyl halides is 3. The topological polar surface area (TPSA) is 61.4 Å². The zero-order chi connectivity index (χ0) is 17.9. The molecule has 0 aliphatic rings. The van der Waals surface area contributed by atoms with E-state index in [-0.39, 0.29) is 23.0 Å². The Kier molecular flexibility index (Phi) is 5.02. The van der Waals surface area contributed by atoms with Gasteiger partial charge in [0.15, 0.2) is 0 Å². The monoisotopic (exact) mass is 338 g/mol. The molecule has 2 rings (SSSR count). The van der Waals surface area contributed by atoms with Gasteiger partial charge in [-0.2, -0.15) is 13.2 Å². The Hall–Kier alpha value is -2.70. The number of halogens is 3. The second kappa shape index (κ2) is 6.82. The van der Waals surface area contributed by atoms with Crippen LogP contribution in [-0.2, 0) is 6.18 Å². The first-order valence-corrected chi connectivity index (χ1v) is 7.25. The van der Waals surface area contributed by atoms with E-state index in [1.165, 1.54) is 24.3 Å². The molecule has 2 aromatic rings. The molecule has 0 aliphatic heterocycles. The fraction of sp³-hybridized carbons (Fsp3) is 0.235. The summed E-state index contributed by atoms with van der Waals surface area (Å²) in [5.41, 5.74) is 0.213. The molecule has 128 valence electrons. The number of amides is 2. The molecule has 0 saturated carbocycles. The van der Waals surface area contributed by atoms with Crippen molar-refractivity contribution in [2.24, 2.45) is 0 Å². The quantitative estimate of drug-likeness (QED) is 0.675. The predicted molar refractivity (Wildman–Crippen MR) is 86.3 cm³/mol. The van der Waals surface area contributed by atoms with Crippen LogP contribution in [0.1, 0.15) is 30.9 Å². The maximum atomic E-state index is 12.6. The molecule has 2 aromatic carbocycles. The highest BCUT2D eigenvalue weighted by Crippen LogP contribution is 2.31. The van der Waals surface area contributed by atoms with E-state index >= 15 is 0 Å². The summed E-state index contributed by atoms with van der Waals surface area (Å²) < 4.78 is 37.9. The standard InChI is InChI=1S/C17H17F3N2O2/c1-10(2)11-6-7-14(15(23)8-11)22-16(24)21-13-5-3-4-12(9-13)17(18,19)20/h3-10,23H,1-2H3,(H2,21,22,24). The van der Waals surface area contributed by atoms with Gasteiger partial charge in [0.1, 0.15) is 5.75 Å². The molecule has 2 amide bonds. The molecule has 0 unspecified atom stereocenters. The summed E-state index contributed by atoms with van der Waals surface area (Å²) in [6.07, 6.45) is -4.49. The van der Waals surface area contributed by atoms with E-state index in [9.17, 15) is 23.1 Å². The third-order valence-electron chi connectivity index (χ3n) is 3.38. The van der Waals surface area contributed by atoms with Crippen molar-refractivity contribution in [3.63, 3.8) is 0 Å². The van der Waals surface area contributed by atoms with Crippen LogP contribution in [0.15, 0.2) is 42.5 Å². The third-order valence-corrected chi connectivity index (χ3v) is 3.38. The fourth-order valence-electron chi connectivity index (χ4n) is 2.07. The fourth-order valence-corrected chi connectivity index (χ4v) is 2.07. The van der Waals surface area contributed by atoms with Gasteiger partial charge in [0.2, 0.25) is 0 Å². The number of anilines is 2. The highest BCUT2D eigenvalue weighted by molar-refractivity contribution is 6.00. The van der Waals surface area contributed by atoms with Gasteiger partial charge in [-0.1, -0.05) is 26.0 Å². The van der Waals surface area contributed by atoms with E-state index < -0.39 is 17.8 Å². The summed E-state index contributed by atoms with van der Waals surface area (Å²) in [7, 11) is 0. The zero-order valence-corrected chi connectivity index (χ0v) is 13.1. The van der Waals surface area contributed by atoms with Crippen LogP contribution in [0, 0.1) is 0 Å². The Labute approximate surface area is 137 Å². The highest BCUT2D eigenvalue weighted by atomic mass is 19.4. The molecule has 4 nitrogen and oxygen atoms in total. The lowest BCUT2D eigenvalue weighted by atomic mass is 10.0. The number of phenols is 1. The second-order valence-electron chi connectivity index (χ2n) is 5.59. The summed E-state index contributed by atoms with van der Waals surface area (Å²) in [5, 5.41) is 14.6. The van der Waals surface area contributed by atoms with Gasteiger partial charge in [-0.3, -0.25) is 0 Å². The molecule has 0 heterocycles. The van der Waals surface area contributed by atoms with Crippen LogP contribution in [0.25, 0.3) is 0 Å². The number of carbonyl (C=O) groups excluding carboxylic acids is 1. The molecule has 0 aliphatic carbocycles. The Morgan fingerprint density at radius 2 is 1.79 bits per heavy atom. The Morgan fingerprint density at radius 1 is 1.08 bits per heavy atom. The number of aromatic hydroxyl groups is 1. The van der Waals surface area contributed by atoms with Crippen molar-refractivity contribution < 1.29 is 23.1 Å². The highest BCUT2D eigenvalue weighted by Gasteiger charge is 2.30. The molecule has 0 spiro atoms. The normalized spacial score (nSPS) is 11.4. The molecule has 24 heavy (non-hydrogen) atoms. The molecule has 3 N–H and O–H groups in total. The van der Waals surface area contributed by atoms with Gasteiger partial charge in [-0.25, -0.2) is 4.79 Å². The SMILES string of the molecule is CC(C)c1ccc(NC(=O)Nc2cccc(C(F)(F)F)c2)c(O)c1. The van der Waals surface area contributed by atoms with E-state index in [4.69, 9.17) is 0 Å². The van der Waals surface area contributed by atoms with Crippen molar-refractivity contribution in [1.82, 2.24) is 0 Å². The Morgan fingerprint density at radius 3 is 2.38 bits per heavy atom. The first-order chi connectivity index (χ1) is 11.2. The van der Waals surface area contributed by atoms with Crippen LogP contribution in [0.2, 0.25) is 0 Å². The number of hydrogen-bond acceptors (Lipinski definition) is 2. The first-order valence-electron chi connectivity index (χ1n) is 7.25. The van der Waals surface area contributed by atoms with Gasteiger partial charge in [0.05, 0.1) is 11.3 Å². The van der Waals surface area contributed by atoms with E-state index in [2.05, 4.69) is 10.6 Å². The third kappa shape index (κ3) is 4.41. The summed E-state index contributed by atoms with van der Waals surface area (Å²) in [5.74, 6) is 0.101. The number of urea groups is 1. The lowest BCUT2D eigenvalue weighted by Crippen LogP contribution is -2.20. The van der Waals surface area contributed by atoms with Crippen molar-refractivity contribution in [1.29, 1.82) is 0 Å². The zero-order valence-electron chi connectivity index (χ0n) is 13.1. The molecule has 0 saturated heterocycles. The Balaban J connectivity index is 2.09. The van der Waals surface area contributed by atoms with Gasteiger partial charge in [-0.05, 0) is 41.8 Å². The lowest BCUT2D eigenvalue weighted by molar-refractivity contribution is -0.137. The van der Waals surface area contributed by atoms with E-state index in [1.807, 2.05) is 13.8 Å². The summed E-state index contributed by atoms with van der Waals surface area (Å²) >= 11 is 0. The van der Waals surface area contributed by atoms with Crippen LogP contribution >= 0.6 is 0 Å². The predicted octanol–water partition coefficient (Wildman–Crippen LogP) is 5.18. The maximum absolute atomic E-state index is 12.6. The molecule has 0 fully saturated rings. The molecule has 7 heteroatoms. The number of benzene rings is 2. The van der Waals surface area contributed by atoms with Crippen LogP contribution in [0.3, 0.4) is 0 Å². The van der Waals surface area contributed by atoms with Crippen LogP contribution in [0.4, 0.5) is 29.3 Å². The number of rotatable bonds is 3. The van der Waals surface area contributed by atoms with Gasteiger partial charge < -0.3 is 15.7 Å². The molecule has 0 bridgehead atoms. The van der Waals surface area contributed by atoms with Gasteiger partial charge in [0.25, 0.3) is 0 Å². The maximum Gasteiger partial charge on any atom is 0.416 e. The largest absolute Gasteiger partial charge is 0.506 e. The van der Waals surface area contributed by atoms with Crippen molar-refractivity contribution in [2.75, 3.05) is 10.6 Å². The minimum Gasteiger partial charge on any atom is -0.506 e. The molecule has 0 atom stereocenters. The van der Waals surface area contributed by atoms with Gasteiger partial charge in [0, 0.05) is 5.69 Å². The van der Waals surface area contributed by atoms with Crippen LogP contribution in [0.5, 0.6) is 5.75 Å². The van der Waals surface area contributed by atoms with Gasteiger partial charge in [-0.15, -0.1) is 0 Å². The summed E-state index contributed by atoms with van der Waals surface area (Å²) in [6.45, 7) is 3.92. The molecular weight excluding hydrogens is 321 g/mol. The van der Waals surface area contributed by atoms with Crippen LogP contribution in [-0.4, -0.2) is 11.1 Å². The van der Waals surface area contributed by atoms with E-state index in [0.29, 0.717) is 0 Å². The smallest absolute Gasteiger partial charge is 0.416 e. The lowest BCUT2D eigenvalue weighted by Gasteiger charge is -2.13. The Bertz CT molecular complexity index is 743. The van der Waals surface area contributed by atoms with E-state index in [1.54, 1.807) is 6.07 Å². The minimum atomic E-state index is -4.49. The van der Waals surface area contributed by atoms with Crippen molar-refractivity contribution in [3.05, 3.63) is 53.6 Å². The first kappa shape index (κ1) is 17.7. The summed E-state index contributed by atoms with van der Waals surface area (Å²) in [6, 6.07) is 8.37. The number of phenolic OH excluding ortho intramolecular Hbond substituents is 1. The van der Waals surface area contributed by atoms with Crippen molar-refractivity contribution in [3.8, 4) is 5.75 Å². The molecular formula is C17H17F3N2O2. The average Bonchev–Trinajstić information content (AvgIpc) is 2.48. The van der Waals surface area contributed by atoms with Crippen LogP contribution < -0.4 is 10.6 Å². The molecule has 0 aromatic heterocycles. The van der Waals surface area contributed by atoms with Gasteiger partial charge >= 0.3 is 12.2 Å². The minimum absolute atomic E-state index is 0.000570. The second-order valence-corrected chi connectivity index (χ2v) is 5.59. The number of nitrogens with one attached hydrogen (secondary N) is 2. The summed E-state index contributed by atoms with van der Waals surface area (Å²) in [4.78, 5) is 11.9. The number of carbonyl (C=O) groups is 1. The van der Waals surface area contributed by atoms with Crippen molar-refractivity contribution in [2.45, 2.75) is 25.9 Å². The molecule has 0 radical (unpaired) electrons. The van der Waals surface area contributed by atoms with E-state index in [0.717, 1.165) is 17.7 Å². The number of hydrogen-bond donors (Lipinski definition) is 3. The van der Waals surface area contributed by atoms with Crippen molar-refractivity contribution >= 4 is 17.4 Å².